The van der Waals surface area contributed by atoms with Gasteiger partial charge in [-0.25, -0.2) is 0 Å². The van der Waals surface area contributed by atoms with Crippen molar-refractivity contribution < 1.29 is 0 Å². The molecule has 0 saturated carbocycles. The van der Waals surface area contributed by atoms with Gasteiger partial charge in [0.25, 0.3) is 0 Å². The fourth-order valence-electron chi connectivity index (χ4n) is 4.36. The van der Waals surface area contributed by atoms with Crippen molar-refractivity contribution in [3.05, 3.63) is 182 Å². The molecule has 0 amide bonds. The van der Waals surface area contributed by atoms with Crippen molar-refractivity contribution in [3.63, 3.8) is 0 Å². The molecule has 0 nitrogen and oxygen atoms in total. The Bertz CT molecular complexity index is 1180. The molecule has 0 unspecified atom stereocenters. The molecule has 200 valence electrons. The monoisotopic (exact) mass is 952 g/mol. The molecule has 0 heterocycles. The standard InChI is InChI=1S/6C6H5.2Bi.2ClH/c6*1-2-4-6-5-3-1;;;;/h6*1-5H;;;2*1H. The fourth-order valence-corrected chi connectivity index (χ4v) is 22.3. The van der Waals surface area contributed by atoms with Crippen molar-refractivity contribution in [1.29, 1.82) is 0 Å². The molecule has 6 aromatic rings. The molecule has 0 bridgehead atoms. The summed E-state index contributed by atoms with van der Waals surface area (Å²) in [5.41, 5.74) is 0. The Labute approximate surface area is 267 Å². The summed E-state index contributed by atoms with van der Waals surface area (Å²) < 4.78 is 9.22. The zero-order chi connectivity index (χ0) is 25.8. The van der Waals surface area contributed by atoms with Gasteiger partial charge < -0.3 is 0 Å². The van der Waals surface area contributed by atoms with Crippen molar-refractivity contribution >= 4 is 87.9 Å². The van der Waals surface area contributed by atoms with Crippen LogP contribution in [0.15, 0.2) is 182 Å². The average molecular weight is 954 g/mol. The second kappa shape index (κ2) is 17.5. The normalized spacial score (nSPS) is 10.1. The molecule has 0 aliphatic heterocycles. The summed E-state index contributed by atoms with van der Waals surface area (Å²) in [6.07, 6.45) is 0. The zero-order valence-electron chi connectivity index (χ0n) is 22.0. The summed E-state index contributed by atoms with van der Waals surface area (Å²) in [5, 5.41) is 0. The van der Waals surface area contributed by atoms with E-state index in [0.717, 1.165) is 0 Å². The van der Waals surface area contributed by atoms with E-state index in [9.17, 15) is 0 Å². The van der Waals surface area contributed by atoms with Crippen LogP contribution >= 0.6 is 24.8 Å². The van der Waals surface area contributed by atoms with Gasteiger partial charge in [-0.15, -0.1) is 24.8 Å². The van der Waals surface area contributed by atoms with E-state index in [2.05, 4.69) is 182 Å². The Morgan fingerprint density at radius 3 is 0.450 bits per heavy atom. The predicted molar refractivity (Wildman–Crippen MR) is 182 cm³/mol. The molecule has 0 atom stereocenters. The van der Waals surface area contributed by atoms with Crippen LogP contribution in [0.1, 0.15) is 0 Å². The number of benzene rings is 6. The molecule has 0 N–H and O–H groups in total. The summed E-state index contributed by atoms with van der Waals surface area (Å²) in [7, 11) is 0. The van der Waals surface area contributed by atoms with Crippen LogP contribution in [0.5, 0.6) is 0 Å². The first kappa shape index (κ1) is 32.2. The molecule has 0 radical (unpaired) electrons. The summed E-state index contributed by atoms with van der Waals surface area (Å²) in [4.78, 5) is 0. The minimum absolute atomic E-state index is 0. The van der Waals surface area contributed by atoms with E-state index in [1.54, 1.807) is 0 Å². The van der Waals surface area contributed by atoms with E-state index in [1.807, 2.05) is 0 Å². The Kier molecular flexibility index (Phi) is 14.1. The summed E-state index contributed by atoms with van der Waals surface area (Å²) >= 11 is -4.13. The topological polar surface area (TPSA) is 0 Å². The van der Waals surface area contributed by atoms with Crippen LogP contribution in [0.2, 0.25) is 0 Å². The van der Waals surface area contributed by atoms with Crippen LogP contribution in [0.3, 0.4) is 0 Å². The number of hydrogen-bond donors (Lipinski definition) is 0. The number of rotatable bonds is 6. The molecule has 0 fully saturated rings. The molecule has 6 aromatic carbocycles. The van der Waals surface area contributed by atoms with Crippen molar-refractivity contribution in [2.24, 2.45) is 0 Å². The molecule has 6 rings (SSSR count). The number of halogens is 2. The SMILES string of the molecule is Cl.Cl.c1cc[c]([Bi]([c]2ccccc2)[c]2ccccc2)cc1.c1cc[c]([Bi]([c]2ccccc2)[c]2ccccc2)cc1. The summed E-state index contributed by atoms with van der Waals surface area (Å²) in [5.74, 6) is 0. The van der Waals surface area contributed by atoms with Crippen LogP contribution in [-0.4, -0.2) is 43.5 Å². The van der Waals surface area contributed by atoms with E-state index in [1.165, 1.54) is 19.6 Å². The van der Waals surface area contributed by atoms with E-state index in [-0.39, 0.29) is 24.8 Å². The molecule has 4 heteroatoms. The first-order valence-electron chi connectivity index (χ1n) is 12.8. The predicted octanol–water partition coefficient (Wildman–Crippen LogP) is 5.25. The Hall–Kier alpha value is -2.33. The van der Waals surface area contributed by atoms with Gasteiger partial charge in [0.05, 0.1) is 0 Å². The molecular weight excluding hydrogens is 921 g/mol. The molecule has 0 aliphatic carbocycles. The van der Waals surface area contributed by atoms with Gasteiger partial charge in [-0.2, -0.15) is 0 Å². The van der Waals surface area contributed by atoms with Gasteiger partial charge in [-0.05, 0) is 0 Å². The third kappa shape index (κ3) is 8.83. The molecule has 0 aliphatic rings. The van der Waals surface area contributed by atoms with Crippen LogP contribution in [0, 0.1) is 0 Å². The molecular formula is C36H32Bi2Cl2. The maximum atomic E-state index is 2.29. The number of hydrogen-bond acceptors (Lipinski definition) is 0. The maximum absolute atomic E-state index is 2.29. The Morgan fingerprint density at radius 2 is 0.325 bits per heavy atom. The van der Waals surface area contributed by atoms with Gasteiger partial charge in [0, 0.05) is 0 Å². The Morgan fingerprint density at radius 1 is 0.200 bits per heavy atom. The Balaban J connectivity index is 0.000000210. The van der Waals surface area contributed by atoms with Crippen molar-refractivity contribution in [2.45, 2.75) is 0 Å². The van der Waals surface area contributed by atoms with Crippen LogP contribution in [-0.2, 0) is 0 Å². The van der Waals surface area contributed by atoms with Crippen LogP contribution in [0.25, 0.3) is 0 Å². The summed E-state index contributed by atoms with van der Waals surface area (Å²) in [6, 6.07) is 65.9. The van der Waals surface area contributed by atoms with Gasteiger partial charge in [0.15, 0.2) is 0 Å². The second-order valence-corrected chi connectivity index (χ2v) is 25.9. The summed E-state index contributed by atoms with van der Waals surface area (Å²) in [6.45, 7) is 0. The third-order valence-electron chi connectivity index (χ3n) is 6.09. The first-order chi connectivity index (χ1) is 18.9. The van der Waals surface area contributed by atoms with Gasteiger partial charge in [-0.3, -0.25) is 0 Å². The van der Waals surface area contributed by atoms with E-state index < -0.39 is 43.5 Å². The van der Waals surface area contributed by atoms with Gasteiger partial charge in [0.1, 0.15) is 0 Å². The van der Waals surface area contributed by atoms with Gasteiger partial charge in [-0.1, -0.05) is 0 Å². The van der Waals surface area contributed by atoms with Crippen molar-refractivity contribution in [3.8, 4) is 0 Å². The van der Waals surface area contributed by atoms with Crippen LogP contribution < -0.4 is 19.6 Å². The molecule has 0 spiro atoms. The first-order valence-corrected chi connectivity index (χ1v) is 23.2. The van der Waals surface area contributed by atoms with Gasteiger partial charge >= 0.3 is 245 Å². The van der Waals surface area contributed by atoms with E-state index in [4.69, 9.17) is 0 Å². The average Bonchev–Trinajstić information content (AvgIpc) is 3.01. The molecule has 0 saturated heterocycles. The zero-order valence-corrected chi connectivity index (χ0v) is 30.6. The second-order valence-electron chi connectivity index (χ2n) is 8.68. The fraction of sp³-hybridized carbons (Fsp3) is 0. The van der Waals surface area contributed by atoms with E-state index >= 15 is 0 Å². The van der Waals surface area contributed by atoms with Crippen molar-refractivity contribution in [1.82, 2.24) is 0 Å². The minimum atomic E-state index is -2.06. The van der Waals surface area contributed by atoms with Gasteiger partial charge in [0.2, 0.25) is 0 Å². The molecule has 40 heavy (non-hydrogen) atoms. The third-order valence-corrected chi connectivity index (χ3v) is 25.1. The van der Waals surface area contributed by atoms with Crippen LogP contribution in [0.4, 0.5) is 0 Å². The molecule has 0 aromatic heterocycles. The quantitative estimate of drug-likeness (QED) is 0.201. The van der Waals surface area contributed by atoms with Crippen molar-refractivity contribution in [2.75, 3.05) is 0 Å². The van der Waals surface area contributed by atoms with E-state index in [0.29, 0.717) is 0 Å².